The smallest absolute Gasteiger partial charge is 0.310 e. The lowest BCUT2D eigenvalue weighted by Gasteiger charge is -2.22. The van der Waals surface area contributed by atoms with Gasteiger partial charge in [-0.2, -0.15) is 13.2 Å². The third-order valence-corrected chi connectivity index (χ3v) is 3.74. The monoisotopic (exact) mass is 351 g/mol. The van der Waals surface area contributed by atoms with Crippen molar-refractivity contribution in [1.82, 2.24) is 5.32 Å². The molecule has 0 aliphatic carbocycles. The molecule has 0 aliphatic rings. The highest BCUT2D eigenvalue weighted by molar-refractivity contribution is 9.10. The van der Waals surface area contributed by atoms with Crippen LogP contribution in [-0.2, 0) is 6.18 Å². The van der Waals surface area contributed by atoms with E-state index < -0.39 is 11.7 Å². The number of rotatable bonds is 6. The minimum Gasteiger partial charge on any atom is -0.310 e. The SMILES string of the molecule is CCCNC(CC(C)C)c1ccc(Br)c(C(F)(F)F)c1. The lowest BCUT2D eigenvalue weighted by atomic mass is 9.95. The molecule has 114 valence electrons. The lowest BCUT2D eigenvalue weighted by Crippen LogP contribution is -2.24. The molecule has 5 heteroatoms. The molecule has 1 unspecified atom stereocenters. The summed E-state index contributed by atoms with van der Waals surface area (Å²) in [6.45, 7) is 6.99. The maximum absolute atomic E-state index is 13.0. The lowest BCUT2D eigenvalue weighted by molar-refractivity contribution is -0.138. The van der Waals surface area contributed by atoms with E-state index in [4.69, 9.17) is 0 Å². The van der Waals surface area contributed by atoms with E-state index in [1.165, 1.54) is 12.1 Å². The summed E-state index contributed by atoms with van der Waals surface area (Å²) < 4.78 is 39.0. The Morgan fingerprint density at radius 1 is 1.25 bits per heavy atom. The summed E-state index contributed by atoms with van der Waals surface area (Å²) in [7, 11) is 0. The van der Waals surface area contributed by atoms with E-state index in [-0.39, 0.29) is 10.5 Å². The number of hydrogen-bond donors (Lipinski definition) is 1. The van der Waals surface area contributed by atoms with Crippen LogP contribution in [0.25, 0.3) is 0 Å². The Kier molecular flexibility index (Phi) is 6.52. The Hall–Kier alpha value is -0.550. The summed E-state index contributed by atoms with van der Waals surface area (Å²) in [5, 5.41) is 3.33. The van der Waals surface area contributed by atoms with Crippen LogP contribution in [0.4, 0.5) is 13.2 Å². The van der Waals surface area contributed by atoms with Crippen molar-refractivity contribution >= 4 is 15.9 Å². The first kappa shape index (κ1) is 17.5. The second kappa shape index (κ2) is 7.46. The summed E-state index contributed by atoms with van der Waals surface area (Å²) in [5.41, 5.74) is 0.0877. The zero-order valence-electron chi connectivity index (χ0n) is 12.0. The molecule has 0 amide bonds. The van der Waals surface area contributed by atoms with E-state index in [0.29, 0.717) is 11.5 Å². The molecule has 0 aliphatic heterocycles. The van der Waals surface area contributed by atoms with Gasteiger partial charge in [-0.15, -0.1) is 0 Å². The van der Waals surface area contributed by atoms with Gasteiger partial charge in [0, 0.05) is 10.5 Å². The van der Waals surface area contributed by atoms with Crippen LogP contribution in [0.3, 0.4) is 0 Å². The van der Waals surface area contributed by atoms with Crippen molar-refractivity contribution in [3.8, 4) is 0 Å². The topological polar surface area (TPSA) is 12.0 Å². The highest BCUT2D eigenvalue weighted by Gasteiger charge is 2.33. The van der Waals surface area contributed by atoms with Crippen molar-refractivity contribution in [2.45, 2.75) is 45.8 Å². The molecule has 1 rings (SSSR count). The first-order chi connectivity index (χ1) is 9.25. The van der Waals surface area contributed by atoms with Gasteiger partial charge in [-0.25, -0.2) is 0 Å². The van der Waals surface area contributed by atoms with Crippen molar-refractivity contribution in [3.63, 3.8) is 0 Å². The van der Waals surface area contributed by atoms with Crippen molar-refractivity contribution in [2.75, 3.05) is 6.54 Å². The van der Waals surface area contributed by atoms with Gasteiger partial charge in [-0.1, -0.05) is 42.8 Å². The van der Waals surface area contributed by atoms with E-state index in [9.17, 15) is 13.2 Å². The standard InChI is InChI=1S/C15H21BrF3N/c1-4-7-20-14(8-10(2)3)11-5-6-13(16)12(9-11)15(17,18)19/h5-6,9-10,14,20H,4,7-8H2,1-3H3. The molecule has 1 N–H and O–H groups in total. The van der Waals surface area contributed by atoms with Crippen LogP contribution in [0.5, 0.6) is 0 Å². The van der Waals surface area contributed by atoms with Gasteiger partial charge in [-0.3, -0.25) is 0 Å². The largest absolute Gasteiger partial charge is 0.417 e. The van der Waals surface area contributed by atoms with Gasteiger partial charge in [0.25, 0.3) is 0 Å². The summed E-state index contributed by atoms with van der Waals surface area (Å²) in [4.78, 5) is 0. The van der Waals surface area contributed by atoms with Gasteiger partial charge in [0.2, 0.25) is 0 Å². The molecule has 0 saturated carbocycles. The Bertz CT molecular complexity index is 430. The Morgan fingerprint density at radius 3 is 2.40 bits per heavy atom. The van der Waals surface area contributed by atoms with Crippen molar-refractivity contribution < 1.29 is 13.2 Å². The molecule has 1 aromatic rings. The van der Waals surface area contributed by atoms with Crippen LogP contribution in [-0.4, -0.2) is 6.54 Å². The summed E-state index contributed by atoms with van der Waals surface area (Å²) in [6, 6.07) is 4.46. The van der Waals surface area contributed by atoms with Gasteiger partial charge >= 0.3 is 6.18 Å². The van der Waals surface area contributed by atoms with Crippen LogP contribution in [0.2, 0.25) is 0 Å². The molecule has 0 bridgehead atoms. The van der Waals surface area contributed by atoms with Gasteiger partial charge in [-0.05, 0) is 43.0 Å². The normalized spacial score (nSPS) is 13.8. The second-order valence-corrected chi connectivity index (χ2v) is 6.23. The number of hydrogen-bond acceptors (Lipinski definition) is 1. The third kappa shape index (κ3) is 5.09. The first-order valence-corrected chi connectivity index (χ1v) is 7.65. The molecule has 1 atom stereocenters. The molecule has 0 spiro atoms. The van der Waals surface area contributed by atoms with E-state index in [0.717, 1.165) is 19.4 Å². The number of benzene rings is 1. The Balaban J connectivity index is 3.07. The molecule has 20 heavy (non-hydrogen) atoms. The molecule has 0 heterocycles. The number of halogens is 4. The molecule has 0 aromatic heterocycles. The minimum atomic E-state index is -4.33. The van der Waals surface area contributed by atoms with Crippen LogP contribution in [0.1, 0.15) is 50.8 Å². The second-order valence-electron chi connectivity index (χ2n) is 5.37. The van der Waals surface area contributed by atoms with Gasteiger partial charge in [0.05, 0.1) is 5.56 Å². The fraction of sp³-hybridized carbons (Fsp3) is 0.600. The predicted octanol–water partition coefficient (Wildman–Crippen LogP) is 5.55. The minimum absolute atomic E-state index is 0.0378. The van der Waals surface area contributed by atoms with Gasteiger partial charge in [0.15, 0.2) is 0 Å². The predicted molar refractivity (Wildman–Crippen MR) is 79.6 cm³/mol. The molecular weight excluding hydrogens is 331 g/mol. The number of nitrogens with one attached hydrogen (secondary N) is 1. The van der Waals surface area contributed by atoms with Crippen LogP contribution < -0.4 is 5.32 Å². The summed E-state index contributed by atoms with van der Waals surface area (Å²) in [6.07, 6.45) is -2.56. The maximum Gasteiger partial charge on any atom is 0.417 e. The highest BCUT2D eigenvalue weighted by Crippen LogP contribution is 2.37. The maximum atomic E-state index is 13.0. The molecule has 0 radical (unpaired) electrons. The molecule has 1 aromatic carbocycles. The quantitative estimate of drug-likeness (QED) is 0.707. The van der Waals surface area contributed by atoms with E-state index in [1.54, 1.807) is 6.07 Å². The fourth-order valence-corrected chi connectivity index (χ4v) is 2.58. The van der Waals surface area contributed by atoms with Gasteiger partial charge in [0.1, 0.15) is 0 Å². The average molecular weight is 352 g/mol. The van der Waals surface area contributed by atoms with Crippen molar-refractivity contribution in [2.24, 2.45) is 5.92 Å². The fourth-order valence-electron chi connectivity index (χ4n) is 2.10. The van der Waals surface area contributed by atoms with Crippen LogP contribution in [0.15, 0.2) is 22.7 Å². The van der Waals surface area contributed by atoms with Crippen molar-refractivity contribution in [3.05, 3.63) is 33.8 Å². The summed E-state index contributed by atoms with van der Waals surface area (Å²) >= 11 is 2.98. The highest BCUT2D eigenvalue weighted by atomic mass is 79.9. The van der Waals surface area contributed by atoms with E-state index in [1.807, 2.05) is 6.92 Å². The van der Waals surface area contributed by atoms with Crippen LogP contribution in [0, 0.1) is 5.92 Å². The first-order valence-electron chi connectivity index (χ1n) is 6.85. The van der Waals surface area contributed by atoms with E-state index >= 15 is 0 Å². The molecule has 0 fully saturated rings. The zero-order valence-corrected chi connectivity index (χ0v) is 13.6. The summed E-state index contributed by atoms with van der Waals surface area (Å²) in [5.74, 6) is 0.419. The Morgan fingerprint density at radius 2 is 1.90 bits per heavy atom. The number of alkyl halides is 3. The molecular formula is C15H21BrF3N. The molecule has 1 nitrogen and oxygen atoms in total. The molecule has 0 saturated heterocycles. The third-order valence-electron chi connectivity index (χ3n) is 3.05. The van der Waals surface area contributed by atoms with Gasteiger partial charge < -0.3 is 5.32 Å². The zero-order chi connectivity index (χ0) is 15.3. The Labute approximate surface area is 127 Å². The average Bonchev–Trinajstić information content (AvgIpc) is 2.33. The van der Waals surface area contributed by atoms with Crippen molar-refractivity contribution in [1.29, 1.82) is 0 Å². The van der Waals surface area contributed by atoms with E-state index in [2.05, 4.69) is 35.1 Å². The van der Waals surface area contributed by atoms with Crippen LogP contribution >= 0.6 is 15.9 Å².